The lowest BCUT2D eigenvalue weighted by Crippen LogP contribution is -2.13. The molecule has 2 aromatic rings. The zero-order valence-electron chi connectivity index (χ0n) is 8.82. The summed E-state index contributed by atoms with van der Waals surface area (Å²) >= 11 is 0. The maximum atomic E-state index is 11.6. The third-order valence-electron chi connectivity index (χ3n) is 2.10. The molecular weight excluding hydrogens is 242 g/mol. The van der Waals surface area contributed by atoms with Crippen molar-refractivity contribution in [3.8, 4) is 5.75 Å². The van der Waals surface area contributed by atoms with E-state index < -0.39 is 22.3 Å². The summed E-state index contributed by atoms with van der Waals surface area (Å²) in [6.07, 6.45) is 1.15. The monoisotopic (exact) mass is 249 g/mol. The number of anilines is 1. The summed E-state index contributed by atoms with van der Waals surface area (Å²) in [7, 11) is 0. The van der Waals surface area contributed by atoms with Gasteiger partial charge in [-0.15, -0.1) is 0 Å². The van der Waals surface area contributed by atoms with Gasteiger partial charge in [-0.3, -0.25) is 14.9 Å². The number of aromatic nitrogens is 3. The number of nitrogens with one attached hydrogen (secondary N) is 2. The fourth-order valence-corrected chi connectivity index (χ4v) is 1.30. The molecule has 0 saturated carbocycles. The van der Waals surface area contributed by atoms with Gasteiger partial charge < -0.3 is 10.4 Å². The van der Waals surface area contributed by atoms with Crippen LogP contribution >= 0.6 is 0 Å². The lowest BCUT2D eigenvalue weighted by atomic mass is 10.2. The fraction of sp³-hybridized carbons (Fsp3) is 0. The smallest absolute Gasteiger partial charge is 0.296 e. The summed E-state index contributed by atoms with van der Waals surface area (Å²) in [6.45, 7) is 0. The second kappa shape index (κ2) is 4.49. The van der Waals surface area contributed by atoms with Crippen molar-refractivity contribution in [1.82, 2.24) is 15.4 Å². The largest absolute Gasteiger partial charge is 0.505 e. The van der Waals surface area contributed by atoms with Crippen molar-refractivity contribution in [2.75, 3.05) is 5.32 Å². The van der Waals surface area contributed by atoms with Crippen LogP contribution in [0.5, 0.6) is 5.75 Å². The number of nitro benzene ring substituents is 1. The molecule has 0 aliphatic rings. The number of hydrogen-bond donors (Lipinski definition) is 3. The van der Waals surface area contributed by atoms with E-state index in [9.17, 15) is 20.0 Å². The van der Waals surface area contributed by atoms with Crippen LogP contribution in [0.15, 0.2) is 24.4 Å². The topological polar surface area (TPSA) is 134 Å². The number of phenols is 1. The van der Waals surface area contributed by atoms with Crippen LogP contribution in [-0.2, 0) is 0 Å². The van der Waals surface area contributed by atoms with E-state index in [1.807, 2.05) is 0 Å². The third-order valence-corrected chi connectivity index (χ3v) is 2.10. The van der Waals surface area contributed by atoms with E-state index >= 15 is 0 Å². The number of aromatic amines is 1. The molecule has 0 bridgehead atoms. The van der Waals surface area contributed by atoms with Gasteiger partial charge in [0.05, 0.1) is 11.1 Å². The number of carbonyl (C=O) groups is 1. The Morgan fingerprint density at radius 1 is 1.50 bits per heavy atom. The van der Waals surface area contributed by atoms with Crippen molar-refractivity contribution in [3.05, 3.63) is 40.2 Å². The Kier molecular flexibility index (Phi) is 2.87. The minimum absolute atomic E-state index is 0.0486. The average molecular weight is 249 g/mol. The van der Waals surface area contributed by atoms with Gasteiger partial charge in [-0.1, -0.05) is 6.07 Å². The molecule has 0 radical (unpaired) electrons. The molecule has 9 heteroatoms. The van der Waals surface area contributed by atoms with Gasteiger partial charge in [0.25, 0.3) is 11.6 Å². The number of H-pyrrole nitrogens is 1. The Morgan fingerprint density at radius 2 is 2.28 bits per heavy atom. The van der Waals surface area contributed by atoms with E-state index in [0.717, 1.165) is 12.3 Å². The number of amides is 1. The van der Waals surface area contributed by atoms with Crippen LogP contribution in [0.1, 0.15) is 10.5 Å². The van der Waals surface area contributed by atoms with Crippen molar-refractivity contribution in [2.45, 2.75) is 0 Å². The summed E-state index contributed by atoms with van der Waals surface area (Å²) in [4.78, 5) is 21.7. The van der Waals surface area contributed by atoms with Gasteiger partial charge in [-0.05, 0) is 6.07 Å². The van der Waals surface area contributed by atoms with Crippen LogP contribution < -0.4 is 5.32 Å². The van der Waals surface area contributed by atoms with Crippen LogP contribution in [0.4, 0.5) is 11.4 Å². The highest BCUT2D eigenvalue weighted by Crippen LogP contribution is 2.33. The average Bonchev–Trinajstić information content (AvgIpc) is 2.85. The molecule has 18 heavy (non-hydrogen) atoms. The molecule has 1 aromatic heterocycles. The number of carbonyl (C=O) groups excluding carboxylic acids is 1. The summed E-state index contributed by atoms with van der Waals surface area (Å²) < 4.78 is 0. The third kappa shape index (κ3) is 2.09. The second-order valence-electron chi connectivity index (χ2n) is 3.24. The molecule has 0 fully saturated rings. The standard InChI is InChI=1S/C9H7N5O4/c15-7-3-1-2-6(14(17)18)8(7)11-9(16)5-4-10-13-12-5/h1-4,15H,(H,11,16)(H,10,12,13). The first-order valence-corrected chi connectivity index (χ1v) is 4.73. The molecule has 9 nitrogen and oxygen atoms in total. The molecule has 3 N–H and O–H groups in total. The predicted octanol–water partition coefficient (Wildman–Crippen LogP) is 0.671. The maximum absolute atomic E-state index is 11.6. The van der Waals surface area contributed by atoms with Crippen molar-refractivity contribution < 1.29 is 14.8 Å². The van der Waals surface area contributed by atoms with Gasteiger partial charge in [-0.25, -0.2) is 0 Å². The number of hydrogen-bond acceptors (Lipinski definition) is 6. The first kappa shape index (κ1) is 11.5. The highest BCUT2D eigenvalue weighted by Gasteiger charge is 2.20. The molecule has 1 amide bonds. The van der Waals surface area contributed by atoms with Gasteiger partial charge in [0.1, 0.15) is 5.75 Å². The number of aromatic hydroxyl groups is 1. The second-order valence-corrected chi connectivity index (χ2v) is 3.24. The minimum atomic E-state index is -0.714. The molecule has 92 valence electrons. The summed E-state index contributed by atoms with van der Waals surface area (Å²) in [5.74, 6) is -1.12. The molecule has 0 unspecified atom stereocenters. The minimum Gasteiger partial charge on any atom is -0.505 e. The van der Waals surface area contributed by atoms with Crippen molar-refractivity contribution in [3.63, 3.8) is 0 Å². The molecule has 1 aromatic carbocycles. The predicted molar refractivity (Wildman–Crippen MR) is 59.1 cm³/mol. The zero-order chi connectivity index (χ0) is 13.1. The molecule has 0 aliphatic heterocycles. The Morgan fingerprint density at radius 3 is 2.89 bits per heavy atom. The normalized spacial score (nSPS) is 10.0. The van der Waals surface area contributed by atoms with E-state index in [0.29, 0.717) is 0 Å². The summed E-state index contributed by atoms with van der Waals surface area (Å²) in [5.41, 5.74) is -0.741. The lowest BCUT2D eigenvalue weighted by Gasteiger charge is -2.05. The Labute approximate surface area is 99.6 Å². The highest BCUT2D eigenvalue weighted by molar-refractivity contribution is 6.04. The van der Waals surface area contributed by atoms with E-state index in [4.69, 9.17) is 0 Å². The Balaban J connectivity index is 2.34. The quantitative estimate of drug-likeness (QED) is 0.415. The van der Waals surface area contributed by atoms with Gasteiger partial charge in [0.15, 0.2) is 11.4 Å². The molecule has 0 aliphatic carbocycles. The van der Waals surface area contributed by atoms with Gasteiger partial charge in [-0.2, -0.15) is 15.4 Å². The molecule has 1 heterocycles. The van der Waals surface area contributed by atoms with Crippen LogP contribution in [0, 0.1) is 10.1 Å². The lowest BCUT2D eigenvalue weighted by molar-refractivity contribution is -0.384. The van der Waals surface area contributed by atoms with E-state index in [1.54, 1.807) is 0 Å². The van der Waals surface area contributed by atoms with Crippen LogP contribution in [0.3, 0.4) is 0 Å². The Hall–Kier alpha value is -2.97. The summed E-state index contributed by atoms with van der Waals surface area (Å²) in [6, 6.07) is 3.70. The molecule has 0 atom stereocenters. The van der Waals surface area contributed by atoms with E-state index in [-0.39, 0.29) is 11.4 Å². The van der Waals surface area contributed by atoms with E-state index in [2.05, 4.69) is 20.7 Å². The van der Waals surface area contributed by atoms with Crippen LogP contribution in [0.2, 0.25) is 0 Å². The van der Waals surface area contributed by atoms with Crippen molar-refractivity contribution in [2.24, 2.45) is 0 Å². The van der Waals surface area contributed by atoms with E-state index in [1.165, 1.54) is 12.1 Å². The van der Waals surface area contributed by atoms with Gasteiger partial charge in [0, 0.05) is 6.07 Å². The first-order valence-electron chi connectivity index (χ1n) is 4.73. The van der Waals surface area contributed by atoms with Crippen LogP contribution in [0.25, 0.3) is 0 Å². The number of rotatable bonds is 3. The number of benzene rings is 1. The number of nitrogens with zero attached hydrogens (tertiary/aromatic N) is 3. The molecule has 2 rings (SSSR count). The van der Waals surface area contributed by atoms with Crippen LogP contribution in [-0.4, -0.2) is 31.3 Å². The zero-order valence-corrected chi connectivity index (χ0v) is 8.82. The number of nitro groups is 1. The van der Waals surface area contributed by atoms with Crippen molar-refractivity contribution in [1.29, 1.82) is 0 Å². The first-order chi connectivity index (χ1) is 8.59. The molecule has 0 spiro atoms. The number of phenolic OH excluding ortho intramolecular Hbond substituents is 1. The van der Waals surface area contributed by atoms with Crippen molar-refractivity contribution >= 4 is 17.3 Å². The van der Waals surface area contributed by atoms with Gasteiger partial charge >= 0.3 is 0 Å². The molecule has 0 saturated heterocycles. The van der Waals surface area contributed by atoms with Gasteiger partial charge in [0.2, 0.25) is 0 Å². The number of para-hydroxylation sites is 1. The molecular formula is C9H7N5O4. The summed E-state index contributed by atoms with van der Waals surface area (Å²) in [5, 5.41) is 31.7. The SMILES string of the molecule is O=C(Nc1c(O)cccc1[N+](=O)[O-])c1cn[nH]n1. The highest BCUT2D eigenvalue weighted by atomic mass is 16.6. The fourth-order valence-electron chi connectivity index (χ4n) is 1.30. The Bertz CT molecular complexity index is 595. The maximum Gasteiger partial charge on any atom is 0.296 e.